The molecule has 16 heavy (non-hydrogen) atoms. The van der Waals surface area contributed by atoms with Crippen LogP contribution in [0.4, 0.5) is 0 Å². The molecule has 1 unspecified atom stereocenters. The molecule has 1 amide bonds. The largest absolute Gasteiger partial charge is 0.362 e. The lowest BCUT2D eigenvalue weighted by atomic mass is 10.2. The van der Waals surface area contributed by atoms with Gasteiger partial charge in [-0.2, -0.15) is 0 Å². The summed E-state index contributed by atoms with van der Waals surface area (Å²) < 4.78 is 0. The van der Waals surface area contributed by atoms with Crippen LogP contribution in [0, 0.1) is 5.92 Å². The molecule has 0 aliphatic carbocycles. The molecule has 1 saturated heterocycles. The van der Waals surface area contributed by atoms with Gasteiger partial charge in [0.05, 0.1) is 6.54 Å². The first-order valence-corrected chi connectivity index (χ1v) is 6.77. The van der Waals surface area contributed by atoms with Crippen molar-refractivity contribution in [2.75, 3.05) is 18.8 Å². The Morgan fingerprint density at radius 1 is 1.69 bits per heavy atom. The molecule has 1 aliphatic heterocycles. The number of hydrogen-bond donors (Lipinski definition) is 2. The molecule has 0 bridgehead atoms. The van der Waals surface area contributed by atoms with Gasteiger partial charge in [0.2, 0.25) is 5.91 Å². The summed E-state index contributed by atoms with van der Waals surface area (Å²) in [7, 11) is 0. The van der Waals surface area contributed by atoms with Crippen LogP contribution in [0.25, 0.3) is 0 Å². The van der Waals surface area contributed by atoms with Gasteiger partial charge in [0.25, 0.3) is 0 Å². The molecule has 0 spiro atoms. The van der Waals surface area contributed by atoms with Crippen molar-refractivity contribution in [3.05, 3.63) is 0 Å². The number of nitrogens with one attached hydrogen (secondary N) is 2. The predicted molar refractivity (Wildman–Crippen MR) is 69.8 cm³/mol. The van der Waals surface area contributed by atoms with Crippen molar-refractivity contribution < 1.29 is 4.79 Å². The zero-order chi connectivity index (χ0) is 12.0. The highest BCUT2D eigenvalue weighted by molar-refractivity contribution is 8.14. The molecule has 0 aromatic carbocycles. The monoisotopic (exact) mass is 243 g/mol. The summed E-state index contributed by atoms with van der Waals surface area (Å²) in [6, 6.07) is 0.499. The Morgan fingerprint density at radius 3 is 3.00 bits per heavy atom. The van der Waals surface area contributed by atoms with Crippen LogP contribution in [0.5, 0.6) is 0 Å². The standard InChI is InChI=1S/C11H21N3OS/c1-8(2)6-13-10(15)4-5-12-11-14-9(3)7-16-11/h8-9H,4-7H2,1-3H3,(H,12,14)(H,13,15). The van der Waals surface area contributed by atoms with Gasteiger partial charge >= 0.3 is 0 Å². The van der Waals surface area contributed by atoms with Gasteiger partial charge < -0.3 is 10.6 Å². The molecule has 0 aromatic heterocycles. The van der Waals surface area contributed by atoms with E-state index in [0.717, 1.165) is 17.5 Å². The van der Waals surface area contributed by atoms with Gasteiger partial charge in [0, 0.05) is 24.8 Å². The molecule has 0 radical (unpaired) electrons. The van der Waals surface area contributed by atoms with E-state index in [1.54, 1.807) is 11.8 Å². The Hall–Kier alpha value is -0.710. The van der Waals surface area contributed by atoms with Crippen molar-refractivity contribution in [1.29, 1.82) is 0 Å². The van der Waals surface area contributed by atoms with E-state index in [9.17, 15) is 4.79 Å². The van der Waals surface area contributed by atoms with Crippen molar-refractivity contribution in [1.82, 2.24) is 10.6 Å². The lowest BCUT2D eigenvalue weighted by Gasteiger charge is -2.06. The summed E-state index contributed by atoms with van der Waals surface area (Å²) in [5.74, 6) is 1.66. The molecule has 92 valence electrons. The zero-order valence-corrected chi connectivity index (χ0v) is 11.1. The van der Waals surface area contributed by atoms with E-state index >= 15 is 0 Å². The molecule has 2 N–H and O–H groups in total. The van der Waals surface area contributed by atoms with Gasteiger partial charge in [-0.05, 0) is 12.8 Å². The van der Waals surface area contributed by atoms with Gasteiger partial charge in [-0.1, -0.05) is 25.6 Å². The average Bonchev–Trinajstić information content (AvgIpc) is 2.61. The molecule has 0 saturated carbocycles. The lowest BCUT2D eigenvalue weighted by Crippen LogP contribution is -2.28. The molecule has 0 aromatic rings. The van der Waals surface area contributed by atoms with Crippen LogP contribution in [-0.4, -0.2) is 36.0 Å². The molecule has 1 fully saturated rings. The highest BCUT2D eigenvalue weighted by Crippen LogP contribution is 2.12. The smallest absolute Gasteiger partial charge is 0.221 e. The summed E-state index contributed by atoms with van der Waals surface area (Å²) >= 11 is 1.73. The predicted octanol–water partition coefficient (Wildman–Crippen LogP) is 1.23. The van der Waals surface area contributed by atoms with Crippen LogP contribution >= 0.6 is 11.8 Å². The number of amidine groups is 1. The van der Waals surface area contributed by atoms with Crippen molar-refractivity contribution in [2.45, 2.75) is 33.2 Å². The first-order valence-electron chi connectivity index (χ1n) is 5.78. The van der Waals surface area contributed by atoms with Crippen LogP contribution < -0.4 is 10.6 Å². The quantitative estimate of drug-likeness (QED) is 0.763. The van der Waals surface area contributed by atoms with Crippen LogP contribution in [-0.2, 0) is 4.79 Å². The van der Waals surface area contributed by atoms with Gasteiger partial charge in [0.1, 0.15) is 0 Å². The van der Waals surface area contributed by atoms with Gasteiger partial charge in [-0.3, -0.25) is 9.79 Å². The fourth-order valence-electron chi connectivity index (χ4n) is 1.25. The SMILES string of the molecule is CC(C)CNC(=O)CCN=C1NC(C)CS1. The topological polar surface area (TPSA) is 53.5 Å². The number of carbonyl (C=O) groups excluding carboxylic acids is 1. The third-order valence-corrected chi connectivity index (χ3v) is 3.33. The number of hydrogen-bond acceptors (Lipinski definition) is 3. The Balaban J connectivity index is 2.12. The summed E-state index contributed by atoms with van der Waals surface area (Å²) in [6.07, 6.45) is 0.479. The van der Waals surface area contributed by atoms with E-state index in [0.29, 0.717) is 24.9 Å². The van der Waals surface area contributed by atoms with Crippen molar-refractivity contribution in [2.24, 2.45) is 10.9 Å². The maximum absolute atomic E-state index is 11.4. The molecular formula is C11H21N3OS. The maximum atomic E-state index is 11.4. The molecule has 4 nitrogen and oxygen atoms in total. The number of rotatable bonds is 5. The number of carbonyl (C=O) groups is 1. The fourth-order valence-corrected chi connectivity index (χ4v) is 2.21. The van der Waals surface area contributed by atoms with Crippen LogP contribution in [0.1, 0.15) is 27.2 Å². The van der Waals surface area contributed by atoms with E-state index in [2.05, 4.69) is 36.4 Å². The second kappa shape index (κ2) is 6.78. The molecular weight excluding hydrogens is 222 g/mol. The third kappa shape index (κ3) is 5.39. The van der Waals surface area contributed by atoms with Gasteiger partial charge in [0.15, 0.2) is 5.17 Å². The molecule has 1 heterocycles. The average molecular weight is 243 g/mol. The number of aliphatic imine (C=N–C) groups is 1. The molecule has 5 heteroatoms. The Labute approximate surface area is 102 Å². The second-order valence-corrected chi connectivity index (χ2v) is 5.50. The minimum Gasteiger partial charge on any atom is -0.362 e. The van der Waals surface area contributed by atoms with E-state index in [4.69, 9.17) is 0 Å². The Kier molecular flexibility index (Phi) is 5.66. The van der Waals surface area contributed by atoms with Crippen LogP contribution in [0.2, 0.25) is 0 Å². The summed E-state index contributed by atoms with van der Waals surface area (Å²) in [5, 5.41) is 7.12. The number of amides is 1. The fraction of sp³-hybridized carbons (Fsp3) is 0.818. The maximum Gasteiger partial charge on any atom is 0.221 e. The van der Waals surface area contributed by atoms with Crippen LogP contribution in [0.15, 0.2) is 4.99 Å². The van der Waals surface area contributed by atoms with Crippen molar-refractivity contribution in [3.8, 4) is 0 Å². The van der Waals surface area contributed by atoms with E-state index in [-0.39, 0.29) is 5.91 Å². The number of nitrogens with zero attached hydrogens (tertiary/aromatic N) is 1. The minimum atomic E-state index is 0.0918. The first kappa shape index (κ1) is 13.4. The van der Waals surface area contributed by atoms with Crippen molar-refractivity contribution >= 4 is 22.8 Å². The highest BCUT2D eigenvalue weighted by atomic mass is 32.2. The summed E-state index contributed by atoms with van der Waals surface area (Å²) in [6.45, 7) is 7.62. The van der Waals surface area contributed by atoms with E-state index in [1.807, 2.05) is 0 Å². The van der Waals surface area contributed by atoms with Crippen LogP contribution in [0.3, 0.4) is 0 Å². The molecule has 1 atom stereocenters. The van der Waals surface area contributed by atoms with Gasteiger partial charge in [-0.25, -0.2) is 0 Å². The third-order valence-electron chi connectivity index (χ3n) is 2.14. The van der Waals surface area contributed by atoms with E-state index < -0.39 is 0 Å². The second-order valence-electron chi connectivity index (χ2n) is 4.49. The molecule has 1 aliphatic rings. The summed E-state index contributed by atoms with van der Waals surface area (Å²) in [5.41, 5.74) is 0. The highest BCUT2D eigenvalue weighted by Gasteiger charge is 2.14. The first-order chi connectivity index (χ1) is 7.58. The Morgan fingerprint density at radius 2 is 2.44 bits per heavy atom. The Bertz CT molecular complexity index is 266. The zero-order valence-electron chi connectivity index (χ0n) is 10.2. The number of thioether (sulfide) groups is 1. The van der Waals surface area contributed by atoms with E-state index in [1.165, 1.54) is 0 Å². The lowest BCUT2D eigenvalue weighted by molar-refractivity contribution is -0.121. The summed E-state index contributed by atoms with van der Waals surface area (Å²) in [4.78, 5) is 15.7. The van der Waals surface area contributed by atoms with Gasteiger partial charge in [-0.15, -0.1) is 0 Å². The normalized spacial score (nSPS) is 22.5. The van der Waals surface area contributed by atoms with Crippen molar-refractivity contribution in [3.63, 3.8) is 0 Å². The molecule has 1 rings (SSSR count). The minimum absolute atomic E-state index is 0.0918.